The summed E-state index contributed by atoms with van der Waals surface area (Å²) in [5, 5.41) is 1.42. The second-order valence-corrected chi connectivity index (χ2v) is 5.51. The molecule has 2 heterocycles. The molecule has 1 unspecified atom stereocenters. The quantitative estimate of drug-likeness (QED) is 0.810. The number of nitrogens with zero attached hydrogens (tertiary/aromatic N) is 1. The van der Waals surface area contributed by atoms with Crippen LogP contribution in [0, 0.1) is 6.92 Å². The first-order valence-electron chi connectivity index (χ1n) is 6.66. The molecule has 5 heteroatoms. The van der Waals surface area contributed by atoms with Gasteiger partial charge in [-0.2, -0.15) is 0 Å². The van der Waals surface area contributed by atoms with Crippen LogP contribution < -0.4 is 0 Å². The monoisotopic (exact) mass is 293 g/mol. The van der Waals surface area contributed by atoms with Crippen LogP contribution in [0.25, 0.3) is 11.0 Å². The zero-order valence-electron chi connectivity index (χ0n) is 11.5. The number of hydrogen-bond acceptors (Lipinski definition) is 3. The van der Waals surface area contributed by atoms with Crippen LogP contribution in [-0.4, -0.2) is 36.6 Å². The van der Waals surface area contributed by atoms with Gasteiger partial charge in [-0.1, -0.05) is 23.7 Å². The Labute approximate surface area is 122 Å². The molecule has 4 nitrogen and oxygen atoms in total. The number of furan rings is 1. The van der Waals surface area contributed by atoms with Crippen molar-refractivity contribution in [2.75, 3.05) is 19.7 Å². The molecule has 0 spiro atoms. The van der Waals surface area contributed by atoms with Gasteiger partial charge >= 0.3 is 0 Å². The van der Waals surface area contributed by atoms with Gasteiger partial charge in [-0.25, -0.2) is 0 Å². The predicted molar refractivity (Wildman–Crippen MR) is 77.3 cm³/mol. The normalized spacial score (nSPS) is 19.6. The maximum atomic E-state index is 12.6. The molecule has 1 aliphatic rings. The minimum Gasteiger partial charge on any atom is -0.449 e. The lowest BCUT2D eigenvalue weighted by atomic mass is 10.1. The first-order valence-corrected chi connectivity index (χ1v) is 7.04. The van der Waals surface area contributed by atoms with Crippen LogP contribution in [0.15, 0.2) is 22.6 Å². The fourth-order valence-electron chi connectivity index (χ4n) is 2.56. The van der Waals surface area contributed by atoms with E-state index < -0.39 is 0 Å². The Morgan fingerprint density at radius 3 is 2.95 bits per heavy atom. The van der Waals surface area contributed by atoms with E-state index in [1.54, 1.807) is 11.0 Å². The molecule has 1 saturated heterocycles. The molecular weight excluding hydrogens is 278 g/mol. The van der Waals surface area contributed by atoms with Crippen molar-refractivity contribution in [2.45, 2.75) is 20.0 Å². The lowest BCUT2D eigenvalue weighted by molar-refractivity contribution is -0.0134. The Balaban J connectivity index is 1.99. The van der Waals surface area contributed by atoms with E-state index in [1.807, 2.05) is 26.0 Å². The second kappa shape index (κ2) is 5.11. The summed E-state index contributed by atoms with van der Waals surface area (Å²) in [6.45, 7) is 5.59. The number of fused-ring (bicyclic) bond motifs is 1. The molecule has 1 amide bonds. The molecule has 106 valence electrons. The van der Waals surface area contributed by atoms with E-state index in [1.165, 1.54) is 0 Å². The van der Waals surface area contributed by atoms with Gasteiger partial charge in [-0.15, -0.1) is 0 Å². The van der Waals surface area contributed by atoms with Crippen molar-refractivity contribution in [3.63, 3.8) is 0 Å². The highest BCUT2D eigenvalue weighted by atomic mass is 35.5. The van der Waals surface area contributed by atoms with Gasteiger partial charge in [0.2, 0.25) is 0 Å². The van der Waals surface area contributed by atoms with Gasteiger partial charge in [0.15, 0.2) is 11.3 Å². The molecule has 1 aromatic carbocycles. The molecule has 0 radical (unpaired) electrons. The minimum atomic E-state index is -0.0927. The largest absolute Gasteiger partial charge is 0.449 e. The first-order chi connectivity index (χ1) is 9.58. The fourth-order valence-corrected chi connectivity index (χ4v) is 2.77. The van der Waals surface area contributed by atoms with E-state index in [-0.39, 0.29) is 12.0 Å². The summed E-state index contributed by atoms with van der Waals surface area (Å²) in [7, 11) is 0. The van der Waals surface area contributed by atoms with Gasteiger partial charge in [0, 0.05) is 24.0 Å². The van der Waals surface area contributed by atoms with E-state index >= 15 is 0 Å². The topological polar surface area (TPSA) is 42.7 Å². The Hall–Kier alpha value is -1.52. The van der Waals surface area contributed by atoms with E-state index in [9.17, 15) is 4.79 Å². The Morgan fingerprint density at radius 1 is 1.45 bits per heavy atom. The lowest BCUT2D eigenvalue weighted by Gasteiger charge is -2.30. The van der Waals surface area contributed by atoms with Crippen molar-refractivity contribution in [3.8, 4) is 0 Å². The van der Waals surface area contributed by atoms with Crippen LogP contribution in [0.3, 0.4) is 0 Å². The number of halogens is 1. The lowest BCUT2D eigenvalue weighted by Crippen LogP contribution is -2.44. The first kappa shape index (κ1) is 13.5. The number of carbonyl (C=O) groups is 1. The van der Waals surface area contributed by atoms with Crippen molar-refractivity contribution >= 4 is 28.5 Å². The van der Waals surface area contributed by atoms with Crippen LogP contribution in [0.5, 0.6) is 0 Å². The number of para-hydroxylation sites is 1. The molecule has 1 atom stereocenters. The highest BCUT2D eigenvalue weighted by Gasteiger charge is 2.27. The number of ether oxygens (including phenoxy) is 1. The summed E-state index contributed by atoms with van der Waals surface area (Å²) >= 11 is 6.12. The Bertz CT molecular complexity index is 664. The summed E-state index contributed by atoms with van der Waals surface area (Å²) in [6.07, 6.45) is 0.0565. The SMILES string of the molecule is Cc1c(C(=O)N2CCOC(C)C2)oc2c(Cl)cccc12. The molecule has 3 rings (SSSR count). The van der Waals surface area contributed by atoms with Crippen LogP contribution >= 0.6 is 11.6 Å². The van der Waals surface area contributed by atoms with Gasteiger partial charge in [-0.05, 0) is 19.9 Å². The van der Waals surface area contributed by atoms with Crippen LogP contribution in [0.1, 0.15) is 23.0 Å². The van der Waals surface area contributed by atoms with Crippen molar-refractivity contribution in [1.82, 2.24) is 4.90 Å². The standard InChI is InChI=1S/C15H16ClNO3/c1-9-8-17(6-7-19-9)15(18)13-10(2)11-4-3-5-12(16)14(11)20-13/h3-5,9H,6-8H2,1-2H3. The van der Waals surface area contributed by atoms with Crippen LogP contribution in [-0.2, 0) is 4.74 Å². The number of carbonyl (C=O) groups excluding carboxylic acids is 1. The van der Waals surface area contributed by atoms with Gasteiger partial charge in [0.1, 0.15) is 0 Å². The Morgan fingerprint density at radius 2 is 2.25 bits per heavy atom. The van der Waals surface area contributed by atoms with Crippen molar-refractivity contribution in [3.05, 3.63) is 34.5 Å². The van der Waals surface area contributed by atoms with Crippen molar-refractivity contribution in [2.24, 2.45) is 0 Å². The fraction of sp³-hybridized carbons (Fsp3) is 0.400. The summed E-state index contributed by atoms with van der Waals surface area (Å²) in [5.41, 5.74) is 1.42. The molecular formula is C15H16ClNO3. The minimum absolute atomic E-state index is 0.0565. The van der Waals surface area contributed by atoms with Gasteiger partial charge < -0.3 is 14.1 Å². The van der Waals surface area contributed by atoms with Gasteiger partial charge in [0.25, 0.3) is 5.91 Å². The third kappa shape index (κ3) is 2.19. The number of benzene rings is 1. The predicted octanol–water partition coefficient (Wildman–Crippen LogP) is 3.26. The van der Waals surface area contributed by atoms with Crippen LogP contribution in [0.4, 0.5) is 0 Å². The highest BCUT2D eigenvalue weighted by Crippen LogP contribution is 2.31. The summed E-state index contributed by atoms with van der Waals surface area (Å²) < 4.78 is 11.2. The van der Waals surface area contributed by atoms with E-state index in [0.717, 1.165) is 10.9 Å². The summed E-state index contributed by atoms with van der Waals surface area (Å²) in [4.78, 5) is 14.4. The molecule has 0 saturated carbocycles. The number of rotatable bonds is 1. The number of morpholine rings is 1. The van der Waals surface area contributed by atoms with Crippen LogP contribution in [0.2, 0.25) is 5.02 Å². The van der Waals surface area contributed by atoms with Crippen molar-refractivity contribution in [1.29, 1.82) is 0 Å². The van der Waals surface area contributed by atoms with Gasteiger partial charge in [-0.3, -0.25) is 4.79 Å². The van der Waals surface area contributed by atoms with Crippen molar-refractivity contribution < 1.29 is 13.9 Å². The smallest absolute Gasteiger partial charge is 0.290 e. The third-order valence-electron chi connectivity index (χ3n) is 3.64. The molecule has 1 aliphatic heterocycles. The zero-order chi connectivity index (χ0) is 14.3. The molecule has 0 bridgehead atoms. The average molecular weight is 294 g/mol. The second-order valence-electron chi connectivity index (χ2n) is 5.11. The number of amides is 1. The molecule has 1 fully saturated rings. The molecule has 0 N–H and O–H groups in total. The van der Waals surface area contributed by atoms with E-state index in [2.05, 4.69) is 0 Å². The summed E-state index contributed by atoms with van der Waals surface area (Å²) in [5.74, 6) is 0.284. The molecule has 2 aromatic rings. The third-order valence-corrected chi connectivity index (χ3v) is 3.94. The Kier molecular flexibility index (Phi) is 3.44. The maximum absolute atomic E-state index is 12.6. The summed E-state index contributed by atoms with van der Waals surface area (Å²) in [6, 6.07) is 5.54. The van der Waals surface area contributed by atoms with Gasteiger partial charge in [0.05, 0.1) is 17.7 Å². The highest BCUT2D eigenvalue weighted by molar-refractivity contribution is 6.35. The number of hydrogen-bond donors (Lipinski definition) is 0. The van der Waals surface area contributed by atoms with E-state index in [4.69, 9.17) is 20.8 Å². The molecule has 20 heavy (non-hydrogen) atoms. The molecule has 1 aromatic heterocycles. The maximum Gasteiger partial charge on any atom is 0.290 e. The zero-order valence-corrected chi connectivity index (χ0v) is 12.2. The van der Waals surface area contributed by atoms with E-state index in [0.29, 0.717) is 36.1 Å². The average Bonchev–Trinajstić information content (AvgIpc) is 2.77. The number of aryl methyl sites for hydroxylation is 1. The molecule has 0 aliphatic carbocycles.